The Hall–Kier alpha value is -0.830. The van der Waals surface area contributed by atoms with Gasteiger partial charge < -0.3 is 5.11 Å². The van der Waals surface area contributed by atoms with E-state index < -0.39 is 5.97 Å². The summed E-state index contributed by atoms with van der Waals surface area (Å²) in [5.74, 6) is -0.876. The van der Waals surface area contributed by atoms with Crippen molar-refractivity contribution in [3.63, 3.8) is 0 Å². The van der Waals surface area contributed by atoms with Gasteiger partial charge in [0.15, 0.2) is 0 Å². The molecule has 1 N–H and O–H groups in total. The van der Waals surface area contributed by atoms with Crippen molar-refractivity contribution in [3.8, 4) is 0 Å². The molecule has 0 spiro atoms. The molecular weight excluding hydrogens is 190 g/mol. The van der Waals surface area contributed by atoms with Gasteiger partial charge in [-0.15, -0.1) is 0 Å². The molecule has 3 nitrogen and oxygen atoms in total. The van der Waals surface area contributed by atoms with Gasteiger partial charge in [-0.3, -0.25) is 4.90 Å². The molecule has 0 amide bonds. The summed E-state index contributed by atoms with van der Waals surface area (Å²) in [4.78, 5) is 12.9. The van der Waals surface area contributed by atoms with E-state index in [1.807, 2.05) is 0 Å². The number of hydrogen-bond acceptors (Lipinski definition) is 2. The van der Waals surface area contributed by atoms with E-state index in [0.29, 0.717) is 17.5 Å². The molecular formula is C12H21NO2. The Morgan fingerprint density at radius 3 is 2.67 bits per heavy atom. The zero-order chi connectivity index (χ0) is 11.5. The Morgan fingerprint density at radius 2 is 2.07 bits per heavy atom. The van der Waals surface area contributed by atoms with Gasteiger partial charge in [0.1, 0.15) is 0 Å². The average molecular weight is 211 g/mol. The molecule has 0 unspecified atom stereocenters. The highest BCUT2D eigenvalue weighted by Gasteiger charge is 2.23. The molecule has 0 aromatic rings. The summed E-state index contributed by atoms with van der Waals surface area (Å²) in [7, 11) is 0. The topological polar surface area (TPSA) is 40.5 Å². The van der Waals surface area contributed by atoms with Gasteiger partial charge in [-0.2, -0.15) is 0 Å². The first-order chi connectivity index (χ1) is 6.91. The van der Waals surface area contributed by atoms with Crippen LogP contribution in [-0.2, 0) is 4.79 Å². The van der Waals surface area contributed by atoms with E-state index in [1.54, 1.807) is 0 Å². The van der Waals surface area contributed by atoms with Crippen LogP contribution in [0, 0.1) is 5.41 Å². The quantitative estimate of drug-likeness (QED) is 0.727. The zero-order valence-corrected chi connectivity index (χ0v) is 9.75. The Kier molecular flexibility index (Phi) is 3.91. The first-order valence-corrected chi connectivity index (χ1v) is 5.54. The summed E-state index contributed by atoms with van der Waals surface area (Å²) in [6.07, 6.45) is 3.52. The van der Waals surface area contributed by atoms with E-state index in [4.69, 9.17) is 5.11 Å². The highest BCUT2D eigenvalue weighted by molar-refractivity contribution is 5.86. The highest BCUT2D eigenvalue weighted by Crippen LogP contribution is 2.29. The standard InChI is InChI=1S/C12H21NO2/c1-10(11(14)15)9-13-7-4-5-12(2,3)6-8-13/h1,4-9H2,2-3H3,(H,14,15). The van der Waals surface area contributed by atoms with Gasteiger partial charge >= 0.3 is 5.97 Å². The monoisotopic (exact) mass is 211 g/mol. The molecule has 0 bridgehead atoms. The number of nitrogens with zero attached hydrogens (tertiary/aromatic N) is 1. The van der Waals surface area contributed by atoms with Gasteiger partial charge in [-0.25, -0.2) is 4.79 Å². The molecule has 1 heterocycles. The third-order valence-corrected chi connectivity index (χ3v) is 3.15. The number of rotatable bonds is 3. The fourth-order valence-electron chi connectivity index (χ4n) is 1.97. The van der Waals surface area contributed by atoms with E-state index in [9.17, 15) is 4.79 Å². The van der Waals surface area contributed by atoms with Crippen molar-refractivity contribution in [2.24, 2.45) is 5.41 Å². The van der Waals surface area contributed by atoms with Crippen molar-refractivity contribution >= 4 is 5.97 Å². The molecule has 0 radical (unpaired) electrons. The highest BCUT2D eigenvalue weighted by atomic mass is 16.4. The summed E-state index contributed by atoms with van der Waals surface area (Å²) in [6.45, 7) is 10.6. The number of likely N-dealkylation sites (tertiary alicyclic amines) is 1. The lowest BCUT2D eigenvalue weighted by Gasteiger charge is -2.23. The van der Waals surface area contributed by atoms with Gasteiger partial charge in [0.2, 0.25) is 0 Å². The largest absolute Gasteiger partial charge is 0.478 e. The summed E-state index contributed by atoms with van der Waals surface area (Å²) in [5, 5.41) is 8.76. The molecule has 0 aromatic carbocycles. The van der Waals surface area contributed by atoms with E-state index in [1.165, 1.54) is 6.42 Å². The van der Waals surface area contributed by atoms with Crippen molar-refractivity contribution in [2.75, 3.05) is 19.6 Å². The predicted octanol–water partition coefficient (Wildman–Crippen LogP) is 2.14. The molecule has 0 saturated carbocycles. The summed E-state index contributed by atoms with van der Waals surface area (Å²) >= 11 is 0. The van der Waals surface area contributed by atoms with Crippen LogP contribution in [0.5, 0.6) is 0 Å². The molecule has 1 rings (SSSR count). The van der Waals surface area contributed by atoms with Crippen LogP contribution in [0.3, 0.4) is 0 Å². The second-order valence-electron chi connectivity index (χ2n) is 5.20. The summed E-state index contributed by atoms with van der Waals surface area (Å²) in [6, 6.07) is 0. The minimum Gasteiger partial charge on any atom is -0.478 e. The fourth-order valence-corrected chi connectivity index (χ4v) is 1.97. The van der Waals surface area contributed by atoms with Crippen LogP contribution < -0.4 is 0 Å². The molecule has 1 aliphatic rings. The molecule has 1 fully saturated rings. The van der Waals surface area contributed by atoms with E-state index in [-0.39, 0.29) is 0 Å². The average Bonchev–Trinajstić information content (AvgIpc) is 2.28. The molecule has 1 aliphatic heterocycles. The van der Waals surface area contributed by atoms with E-state index in [0.717, 1.165) is 25.9 Å². The molecule has 15 heavy (non-hydrogen) atoms. The Bertz CT molecular complexity index is 258. The van der Waals surface area contributed by atoms with Crippen LogP contribution in [-0.4, -0.2) is 35.6 Å². The lowest BCUT2D eigenvalue weighted by molar-refractivity contribution is -0.132. The van der Waals surface area contributed by atoms with E-state index in [2.05, 4.69) is 25.3 Å². The van der Waals surface area contributed by atoms with Crippen molar-refractivity contribution in [1.29, 1.82) is 0 Å². The van der Waals surface area contributed by atoms with Crippen molar-refractivity contribution in [2.45, 2.75) is 33.1 Å². The lowest BCUT2D eigenvalue weighted by atomic mass is 9.85. The van der Waals surface area contributed by atoms with Crippen LogP contribution in [0.4, 0.5) is 0 Å². The van der Waals surface area contributed by atoms with Gasteiger partial charge in [-0.05, 0) is 37.8 Å². The van der Waals surface area contributed by atoms with Gasteiger partial charge in [0.05, 0.1) is 0 Å². The molecule has 0 aliphatic carbocycles. The maximum atomic E-state index is 10.7. The van der Waals surface area contributed by atoms with E-state index >= 15 is 0 Å². The zero-order valence-electron chi connectivity index (χ0n) is 9.75. The van der Waals surface area contributed by atoms with Crippen molar-refractivity contribution < 1.29 is 9.90 Å². The second-order valence-corrected chi connectivity index (χ2v) is 5.20. The van der Waals surface area contributed by atoms with Crippen molar-refractivity contribution in [1.82, 2.24) is 4.90 Å². The second kappa shape index (κ2) is 4.79. The SMILES string of the molecule is C=C(CN1CCCC(C)(C)CC1)C(=O)O. The van der Waals surface area contributed by atoms with Crippen LogP contribution in [0.2, 0.25) is 0 Å². The number of carbonyl (C=O) groups is 1. The van der Waals surface area contributed by atoms with Gasteiger partial charge in [-0.1, -0.05) is 20.4 Å². The maximum Gasteiger partial charge on any atom is 0.332 e. The molecule has 1 saturated heterocycles. The number of hydrogen-bond donors (Lipinski definition) is 1. The first-order valence-electron chi connectivity index (χ1n) is 5.54. The first kappa shape index (κ1) is 12.2. The Labute approximate surface area is 91.8 Å². The minimum absolute atomic E-state index is 0.301. The Balaban J connectivity index is 2.45. The van der Waals surface area contributed by atoms with Crippen LogP contribution >= 0.6 is 0 Å². The molecule has 0 atom stereocenters. The summed E-state index contributed by atoms with van der Waals surface area (Å²) in [5.41, 5.74) is 0.703. The van der Waals surface area contributed by atoms with Gasteiger partial charge in [0, 0.05) is 12.1 Å². The third kappa shape index (κ3) is 4.04. The summed E-state index contributed by atoms with van der Waals surface area (Å²) < 4.78 is 0. The van der Waals surface area contributed by atoms with Crippen molar-refractivity contribution in [3.05, 3.63) is 12.2 Å². The fraction of sp³-hybridized carbons (Fsp3) is 0.750. The maximum absolute atomic E-state index is 10.7. The molecule has 0 aromatic heterocycles. The normalized spacial score (nSPS) is 22.0. The van der Waals surface area contributed by atoms with Gasteiger partial charge in [0.25, 0.3) is 0 Å². The predicted molar refractivity (Wildman–Crippen MR) is 60.8 cm³/mol. The number of carboxylic acids is 1. The lowest BCUT2D eigenvalue weighted by Crippen LogP contribution is -2.29. The third-order valence-electron chi connectivity index (χ3n) is 3.15. The Morgan fingerprint density at radius 1 is 1.40 bits per heavy atom. The molecule has 3 heteroatoms. The van der Waals surface area contributed by atoms with Crippen LogP contribution in [0.15, 0.2) is 12.2 Å². The number of carboxylic acid groups (broad SMARTS) is 1. The number of aliphatic carboxylic acids is 1. The minimum atomic E-state index is -0.876. The smallest absolute Gasteiger partial charge is 0.332 e. The van der Waals surface area contributed by atoms with Crippen LogP contribution in [0.1, 0.15) is 33.1 Å². The molecule has 86 valence electrons. The van der Waals surface area contributed by atoms with Crippen LogP contribution in [0.25, 0.3) is 0 Å².